The van der Waals surface area contributed by atoms with Crippen LogP contribution < -0.4 is 14.8 Å². The topological polar surface area (TPSA) is 30.5 Å². The van der Waals surface area contributed by atoms with Gasteiger partial charge >= 0.3 is 0 Å². The smallest absolute Gasteiger partial charge is 0.122 e. The Morgan fingerprint density at radius 1 is 1.14 bits per heavy atom. The van der Waals surface area contributed by atoms with Gasteiger partial charge in [0.1, 0.15) is 11.5 Å². The first-order valence-corrected chi connectivity index (χ1v) is 8.42. The maximum absolute atomic E-state index is 5.90. The van der Waals surface area contributed by atoms with Gasteiger partial charge in [0.15, 0.2) is 0 Å². The Balaban J connectivity index is 1.74. The minimum Gasteiger partial charge on any atom is -0.494 e. The Morgan fingerprint density at radius 3 is 2.71 bits per heavy atom. The van der Waals surface area contributed by atoms with Gasteiger partial charge in [0.25, 0.3) is 0 Å². The van der Waals surface area contributed by atoms with Gasteiger partial charge in [0.05, 0.1) is 13.2 Å². The van der Waals surface area contributed by atoms with Gasteiger partial charge in [0, 0.05) is 12.1 Å². The van der Waals surface area contributed by atoms with E-state index in [1.54, 1.807) is 0 Å². The molecule has 1 aliphatic carbocycles. The van der Waals surface area contributed by atoms with Crippen LogP contribution in [0, 0.1) is 5.92 Å². The minimum absolute atomic E-state index is 0.691. The first-order valence-electron chi connectivity index (χ1n) is 8.42. The maximum atomic E-state index is 5.90. The molecule has 0 radical (unpaired) electrons. The van der Waals surface area contributed by atoms with Gasteiger partial charge in [-0.3, -0.25) is 0 Å². The van der Waals surface area contributed by atoms with Gasteiger partial charge in [-0.05, 0) is 57.2 Å². The third-order valence-corrected chi connectivity index (χ3v) is 4.19. The maximum Gasteiger partial charge on any atom is 0.122 e. The highest BCUT2D eigenvalue weighted by atomic mass is 16.5. The third kappa shape index (κ3) is 5.24. The van der Waals surface area contributed by atoms with E-state index in [4.69, 9.17) is 9.47 Å². The largest absolute Gasteiger partial charge is 0.494 e. The average Bonchev–Trinajstić information content (AvgIpc) is 2.93. The molecule has 0 bridgehead atoms. The summed E-state index contributed by atoms with van der Waals surface area (Å²) in [6, 6.07) is 8.64. The predicted octanol–water partition coefficient (Wildman–Crippen LogP) is 4.02. The van der Waals surface area contributed by atoms with Gasteiger partial charge in [-0.1, -0.05) is 19.4 Å². The monoisotopic (exact) mass is 291 g/mol. The minimum atomic E-state index is 0.691. The lowest BCUT2D eigenvalue weighted by atomic mass is 10.00. The van der Waals surface area contributed by atoms with Crippen LogP contribution in [0.5, 0.6) is 11.5 Å². The molecule has 0 saturated heterocycles. The van der Waals surface area contributed by atoms with Crippen molar-refractivity contribution in [3.05, 3.63) is 24.3 Å². The number of nitrogens with one attached hydrogen (secondary N) is 1. The summed E-state index contributed by atoms with van der Waals surface area (Å²) in [5.41, 5.74) is 0. The van der Waals surface area contributed by atoms with Crippen molar-refractivity contribution in [3.8, 4) is 11.5 Å². The van der Waals surface area contributed by atoms with E-state index < -0.39 is 0 Å². The molecule has 1 saturated carbocycles. The van der Waals surface area contributed by atoms with Crippen molar-refractivity contribution >= 4 is 0 Å². The number of hydrogen-bond acceptors (Lipinski definition) is 3. The standard InChI is InChI=1S/C18H29NO2/c1-3-12-19-18-10-5-7-15(18)11-13-21-17-9-6-8-16(14-17)20-4-2/h6,8-9,14-15,18-19H,3-5,7,10-13H2,1-2H3. The van der Waals surface area contributed by atoms with E-state index in [0.29, 0.717) is 12.6 Å². The zero-order valence-electron chi connectivity index (χ0n) is 13.4. The predicted molar refractivity (Wildman–Crippen MR) is 87.1 cm³/mol. The van der Waals surface area contributed by atoms with Crippen molar-refractivity contribution in [1.29, 1.82) is 0 Å². The highest BCUT2D eigenvalue weighted by molar-refractivity contribution is 5.32. The van der Waals surface area contributed by atoms with Gasteiger partial charge in [0.2, 0.25) is 0 Å². The Kier molecular flexibility index (Phi) is 6.87. The zero-order chi connectivity index (χ0) is 14.9. The fourth-order valence-electron chi connectivity index (χ4n) is 3.13. The summed E-state index contributed by atoms with van der Waals surface area (Å²) in [6.07, 6.45) is 6.37. The molecule has 1 N–H and O–H groups in total. The van der Waals surface area contributed by atoms with Crippen molar-refractivity contribution in [1.82, 2.24) is 5.32 Å². The lowest BCUT2D eigenvalue weighted by molar-refractivity contribution is 0.258. The molecule has 2 rings (SSSR count). The molecule has 0 aliphatic heterocycles. The second-order valence-electron chi connectivity index (χ2n) is 5.80. The van der Waals surface area contributed by atoms with E-state index in [-0.39, 0.29) is 0 Å². The summed E-state index contributed by atoms with van der Waals surface area (Å²) in [7, 11) is 0. The molecule has 3 heteroatoms. The summed E-state index contributed by atoms with van der Waals surface area (Å²) in [6.45, 7) is 6.85. The molecule has 3 nitrogen and oxygen atoms in total. The number of rotatable bonds is 9. The summed E-state index contributed by atoms with van der Waals surface area (Å²) in [4.78, 5) is 0. The van der Waals surface area contributed by atoms with Crippen LogP contribution in [0.25, 0.3) is 0 Å². The molecule has 0 amide bonds. The van der Waals surface area contributed by atoms with E-state index in [9.17, 15) is 0 Å². The number of benzene rings is 1. The van der Waals surface area contributed by atoms with E-state index >= 15 is 0 Å². The molecule has 0 aromatic heterocycles. The van der Waals surface area contributed by atoms with Crippen LogP contribution in [-0.2, 0) is 0 Å². The van der Waals surface area contributed by atoms with E-state index in [2.05, 4.69) is 12.2 Å². The van der Waals surface area contributed by atoms with Crippen molar-refractivity contribution in [2.45, 2.75) is 52.0 Å². The molecule has 1 aromatic carbocycles. The van der Waals surface area contributed by atoms with Crippen molar-refractivity contribution in [2.75, 3.05) is 19.8 Å². The van der Waals surface area contributed by atoms with E-state index in [1.165, 1.54) is 25.7 Å². The molecule has 2 atom stereocenters. The second kappa shape index (κ2) is 8.93. The van der Waals surface area contributed by atoms with Crippen molar-refractivity contribution in [2.24, 2.45) is 5.92 Å². The second-order valence-corrected chi connectivity index (χ2v) is 5.80. The lowest BCUT2D eigenvalue weighted by Gasteiger charge is -2.21. The van der Waals surface area contributed by atoms with Gasteiger partial charge < -0.3 is 14.8 Å². The van der Waals surface area contributed by atoms with Crippen LogP contribution in [0.4, 0.5) is 0 Å². The van der Waals surface area contributed by atoms with Crippen LogP contribution in [0.15, 0.2) is 24.3 Å². The first kappa shape index (κ1) is 16.2. The SMILES string of the molecule is CCCNC1CCCC1CCOc1cccc(OCC)c1. The molecule has 0 spiro atoms. The molecule has 1 aliphatic rings. The molecule has 2 unspecified atom stereocenters. The van der Waals surface area contributed by atoms with Gasteiger partial charge in [-0.2, -0.15) is 0 Å². The molecule has 118 valence electrons. The van der Waals surface area contributed by atoms with Crippen LogP contribution in [0.3, 0.4) is 0 Å². The summed E-state index contributed by atoms with van der Waals surface area (Å²) >= 11 is 0. The fourth-order valence-corrected chi connectivity index (χ4v) is 3.13. The van der Waals surface area contributed by atoms with Gasteiger partial charge in [-0.15, -0.1) is 0 Å². The normalized spacial score (nSPS) is 21.4. The fraction of sp³-hybridized carbons (Fsp3) is 0.667. The van der Waals surface area contributed by atoms with Crippen LogP contribution in [0.2, 0.25) is 0 Å². The van der Waals surface area contributed by atoms with E-state index in [0.717, 1.165) is 37.0 Å². The highest BCUT2D eigenvalue weighted by Crippen LogP contribution is 2.29. The Morgan fingerprint density at radius 2 is 1.95 bits per heavy atom. The molecule has 21 heavy (non-hydrogen) atoms. The summed E-state index contributed by atoms with van der Waals surface area (Å²) < 4.78 is 11.4. The molecular formula is C18H29NO2. The highest BCUT2D eigenvalue weighted by Gasteiger charge is 2.26. The lowest BCUT2D eigenvalue weighted by Crippen LogP contribution is -2.33. The summed E-state index contributed by atoms with van der Waals surface area (Å²) in [5.74, 6) is 2.57. The molecule has 0 heterocycles. The average molecular weight is 291 g/mol. The molecular weight excluding hydrogens is 262 g/mol. The van der Waals surface area contributed by atoms with Crippen LogP contribution >= 0.6 is 0 Å². The van der Waals surface area contributed by atoms with Crippen molar-refractivity contribution in [3.63, 3.8) is 0 Å². The zero-order valence-corrected chi connectivity index (χ0v) is 13.4. The Labute approximate surface area is 129 Å². The third-order valence-electron chi connectivity index (χ3n) is 4.19. The molecule has 1 fully saturated rings. The Hall–Kier alpha value is -1.22. The van der Waals surface area contributed by atoms with Gasteiger partial charge in [-0.25, -0.2) is 0 Å². The number of ether oxygens (including phenoxy) is 2. The van der Waals surface area contributed by atoms with Crippen LogP contribution in [0.1, 0.15) is 46.0 Å². The first-order chi connectivity index (χ1) is 10.3. The molecule has 1 aromatic rings. The van der Waals surface area contributed by atoms with E-state index in [1.807, 2.05) is 31.2 Å². The quantitative estimate of drug-likeness (QED) is 0.745. The Bertz CT molecular complexity index is 408. The van der Waals surface area contributed by atoms with Crippen LogP contribution in [-0.4, -0.2) is 25.8 Å². The summed E-state index contributed by atoms with van der Waals surface area (Å²) in [5, 5.41) is 3.68. The van der Waals surface area contributed by atoms with Crippen molar-refractivity contribution < 1.29 is 9.47 Å². The number of hydrogen-bond donors (Lipinski definition) is 1.